The van der Waals surface area contributed by atoms with E-state index in [1.165, 1.54) is 24.9 Å². The smallest absolute Gasteiger partial charge is 0.224 e. The van der Waals surface area contributed by atoms with Crippen LogP contribution in [-0.2, 0) is 17.8 Å². The second-order valence-electron chi connectivity index (χ2n) is 6.15. The van der Waals surface area contributed by atoms with Crippen molar-refractivity contribution in [3.8, 4) is 0 Å². The molecule has 1 saturated heterocycles. The minimum absolute atomic E-state index is 0.0691. The molecule has 120 valence electrons. The number of nitrogens with zero attached hydrogens (tertiary/aromatic N) is 1. The Labute approximate surface area is 138 Å². The first-order valence-electron chi connectivity index (χ1n) is 8.46. The van der Waals surface area contributed by atoms with Gasteiger partial charge in [0.15, 0.2) is 0 Å². The van der Waals surface area contributed by atoms with E-state index >= 15 is 0 Å². The number of amides is 1. The van der Waals surface area contributed by atoms with Crippen molar-refractivity contribution in [3.63, 3.8) is 0 Å². The van der Waals surface area contributed by atoms with Crippen molar-refractivity contribution in [3.05, 3.63) is 65.7 Å². The van der Waals surface area contributed by atoms with Crippen molar-refractivity contribution in [1.29, 1.82) is 0 Å². The molecule has 2 aromatic carbocycles. The molecular weight excluding hydrogens is 284 g/mol. The number of piperidine rings is 1. The molecule has 0 spiro atoms. The summed E-state index contributed by atoms with van der Waals surface area (Å²) in [7, 11) is 0. The van der Waals surface area contributed by atoms with Gasteiger partial charge in [-0.25, -0.2) is 0 Å². The summed E-state index contributed by atoms with van der Waals surface area (Å²) >= 11 is 0. The molecule has 3 nitrogen and oxygen atoms in total. The van der Waals surface area contributed by atoms with Gasteiger partial charge in [-0.05, 0) is 42.5 Å². The minimum Gasteiger partial charge on any atom is -0.372 e. The molecule has 3 heteroatoms. The molecule has 1 aliphatic rings. The molecule has 0 saturated carbocycles. The van der Waals surface area contributed by atoms with E-state index in [0.717, 1.165) is 24.2 Å². The molecule has 1 fully saturated rings. The zero-order valence-corrected chi connectivity index (χ0v) is 13.5. The van der Waals surface area contributed by atoms with E-state index < -0.39 is 0 Å². The van der Waals surface area contributed by atoms with E-state index in [1.54, 1.807) is 0 Å². The highest BCUT2D eigenvalue weighted by Crippen LogP contribution is 2.20. The highest BCUT2D eigenvalue weighted by molar-refractivity contribution is 5.78. The molecule has 0 unspecified atom stereocenters. The lowest BCUT2D eigenvalue weighted by atomic mass is 10.1. The minimum atomic E-state index is 0.0691. The lowest BCUT2D eigenvalue weighted by molar-refractivity contribution is -0.120. The molecule has 0 aromatic heterocycles. The van der Waals surface area contributed by atoms with Crippen molar-refractivity contribution in [2.24, 2.45) is 0 Å². The summed E-state index contributed by atoms with van der Waals surface area (Å²) in [6, 6.07) is 18.4. The number of nitrogens with one attached hydrogen (secondary N) is 1. The Bertz CT molecular complexity index is 616. The highest BCUT2D eigenvalue weighted by atomic mass is 16.1. The van der Waals surface area contributed by atoms with Crippen LogP contribution in [0, 0.1) is 0 Å². The Balaban J connectivity index is 1.50. The largest absolute Gasteiger partial charge is 0.372 e. The SMILES string of the molecule is O=C(Cc1ccc(N2CCCCC2)cc1)NCc1ccccc1. The number of rotatable bonds is 5. The molecule has 0 aliphatic carbocycles. The average molecular weight is 308 g/mol. The Kier molecular flexibility index (Phi) is 5.30. The van der Waals surface area contributed by atoms with Crippen molar-refractivity contribution in [1.82, 2.24) is 5.32 Å². The Morgan fingerprint density at radius 2 is 1.57 bits per heavy atom. The lowest BCUT2D eigenvalue weighted by Crippen LogP contribution is -2.29. The standard InChI is InChI=1S/C20H24N2O/c23-20(21-16-18-7-3-1-4-8-18)15-17-9-11-19(12-10-17)22-13-5-2-6-14-22/h1,3-4,7-12H,2,5-6,13-16H2,(H,21,23). The van der Waals surface area contributed by atoms with Crippen LogP contribution in [0.4, 0.5) is 5.69 Å². The fraction of sp³-hybridized carbons (Fsp3) is 0.350. The van der Waals surface area contributed by atoms with E-state index in [4.69, 9.17) is 0 Å². The predicted molar refractivity (Wildman–Crippen MR) is 94.5 cm³/mol. The van der Waals surface area contributed by atoms with Crippen LogP contribution in [0.25, 0.3) is 0 Å². The van der Waals surface area contributed by atoms with E-state index in [9.17, 15) is 4.79 Å². The van der Waals surface area contributed by atoms with Crippen molar-refractivity contribution in [2.75, 3.05) is 18.0 Å². The summed E-state index contributed by atoms with van der Waals surface area (Å²) in [5, 5.41) is 2.98. The summed E-state index contributed by atoms with van der Waals surface area (Å²) < 4.78 is 0. The summed E-state index contributed by atoms with van der Waals surface area (Å²) in [5.74, 6) is 0.0691. The van der Waals surface area contributed by atoms with Gasteiger partial charge in [0.2, 0.25) is 5.91 Å². The van der Waals surface area contributed by atoms with E-state index in [2.05, 4.69) is 34.5 Å². The van der Waals surface area contributed by atoms with Gasteiger partial charge in [0.1, 0.15) is 0 Å². The van der Waals surface area contributed by atoms with Crippen LogP contribution < -0.4 is 10.2 Å². The van der Waals surface area contributed by atoms with Gasteiger partial charge >= 0.3 is 0 Å². The van der Waals surface area contributed by atoms with Crippen LogP contribution in [0.1, 0.15) is 30.4 Å². The molecule has 0 atom stereocenters. The Hall–Kier alpha value is -2.29. The molecule has 1 N–H and O–H groups in total. The van der Waals surface area contributed by atoms with Gasteiger partial charge < -0.3 is 10.2 Å². The summed E-state index contributed by atoms with van der Waals surface area (Å²) in [6.07, 6.45) is 4.34. The maximum Gasteiger partial charge on any atom is 0.224 e. The summed E-state index contributed by atoms with van der Waals surface area (Å²) in [4.78, 5) is 14.5. The highest BCUT2D eigenvalue weighted by Gasteiger charge is 2.11. The number of carbonyl (C=O) groups excluding carboxylic acids is 1. The van der Waals surface area contributed by atoms with Crippen LogP contribution in [0.15, 0.2) is 54.6 Å². The van der Waals surface area contributed by atoms with Crippen LogP contribution in [-0.4, -0.2) is 19.0 Å². The number of benzene rings is 2. The van der Waals surface area contributed by atoms with Gasteiger partial charge in [0.25, 0.3) is 0 Å². The van der Waals surface area contributed by atoms with Crippen molar-refractivity contribution in [2.45, 2.75) is 32.2 Å². The lowest BCUT2D eigenvalue weighted by Gasteiger charge is -2.28. The molecule has 23 heavy (non-hydrogen) atoms. The summed E-state index contributed by atoms with van der Waals surface area (Å²) in [5.41, 5.74) is 3.47. The normalized spacial score (nSPS) is 14.5. The number of hydrogen-bond donors (Lipinski definition) is 1. The predicted octanol–water partition coefficient (Wildman–Crippen LogP) is 3.54. The van der Waals surface area contributed by atoms with Crippen LogP contribution in [0.5, 0.6) is 0 Å². The third kappa shape index (κ3) is 4.59. The molecule has 2 aromatic rings. The van der Waals surface area contributed by atoms with Crippen molar-refractivity contribution < 1.29 is 4.79 Å². The molecule has 3 rings (SSSR count). The zero-order valence-electron chi connectivity index (χ0n) is 13.5. The average Bonchev–Trinajstić information content (AvgIpc) is 2.62. The fourth-order valence-electron chi connectivity index (χ4n) is 3.02. The Morgan fingerprint density at radius 3 is 2.26 bits per heavy atom. The van der Waals surface area contributed by atoms with Gasteiger partial charge in [0.05, 0.1) is 6.42 Å². The van der Waals surface area contributed by atoms with Gasteiger partial charge in [-0.2, -0.15) is 0 Å². The maximum atomic E-state index is 12.1. The molecule has 0 radical (unpaired) electrons. The second-order valence-corrected chi connectivity index (χ2v) is 6.15. The van der Waals surface area contributed by atoms with Crippen LogP contribution >= 0.6 is 0 Å². The van der Waals surface area contributed by atoms with Crippen LogP contribution in [0.2, 0.25) is 0 Å². The second kappa shape index (κ2) is 7.82. The number of anilines is 1. The quantitative estimate of drug-likeness (QED) is 0.916. The van der Waals surface area contributed by atoms with Gasteiger partial charge in [-0.1, -0.05) is 42.5 Å². The number of carbonyl (C=O) groups is 1. The first-order chi connectivity index (χ1) is 11.3. The van der Waals surface area contributed by atoms with Gasteiger partial charge in [-0.15, -0.1) is 0 Å². The van der Waals surface area contributed by atoms with Crippen molar-refractivity contribution >= 4 is 11.6 Å². The maximum absolute atomic E-state index is 12.1. The Morgan fingerprint density at radius 1 is 0.870 bits per heavy atom. The fourth-order valence-corrected chi connectivity index (χ4v) is 3.02. The molecule has 0 bridgehead atoms. The first kappa shape index (κ1) is 15.6. The summed E-state index contributed by atoms with van der Waals surface area (Å²) in [6.45, 7) is 2.89. The molecule has 1 heterocycles. The third-order valence-corrected chi connectivity index (χ3v) is 4.35. The topological polar surface area (TPSA) is 32.3 Å². The van der Waals surface area contributed by atoms with Gasteiger partial charge in [0, 0.05) is 25.3 Å². The van der Waals surface area contributed by atoms with Crippen LogP contribution in [0.3, 0.4) is 0 Å². The van der Waals surface area contributed by atoms with E-state index in [0.29, 0.717) is 13.0 Å². The molecule has 1 aliphatic heterocycles. The first-order valence-corrected chi connectivity index (χ1v) is 8.46. The van der Waals surface area contributed by atoms with E-state index in [1.807, 2.05) is 30.3 Å². The molecular formula is C20H24N2O. The van der Waals surface area contributed by atoms with Gasteiger partial charge in [-0.3, -0.25) is 4.79 Å². The number of hydrogen-bond acceptors (Lipinski definition) is 2. The third-order valence-electron chi connectivity index (χ3n) is 4.35. The molecule has 1 amide bonds. The monoisotopic (exact) mass is 308 g/mol. The zero-order chi connectivity index (χ0) is 15.9. The van der Waals surface area contributed by atoms with E-state index in [-0.39, 0.29) is 5.91 Å².